The van der Waals surface area contributed by atoms with Gasteiger partial charge >= 0.3 is 11.9 Å². The summed E-state index contributed by atoms with van der Waals surface area (Å²) >= 11 is 0. The molecule has 4 nitrogen and oxygen atoms in total. The molecule has 1 fully saturated rings. The third-order valence-corrected chi connectivity index (χ3v) is 2.10. The first-order chi connectivity index (χ1) is 7.25. The molecular weight excluding hydrogens is 196 g/mol. The van der Waals surface area contributed by atoms with Crippen molar-refractivity contribution >= 4 is 11.9 Å². The SMILES string of the molecule is O=C1CC(COC(=O)c2ccccc2)O1. The monoisotopic (exact) mass is 206 g/mol. The Bertz CT molecular complexity index is 363. The Kier molecular flexibility index (Phi) is 2.67. The van der Waals surface area contributed by atoms with Crippen LogP contribution in [0.2, 0.25) is 0 Å². The molecule has 2 rings (SSSR count). The quantitative estimate of drug-likeness (QED) is 0.696. The Labute approximate surface area is 86.8 Å². The maximum absolute atomic E-state index is 11.4. The third-order valence-electron chi connectivity index (χ3n) is 2.10. The zero-order valence-corrected chi connectivity index (χ0v) is 8.01. The lowest BCUT2D eigenvalue weighted by Gasteiger charge is -2.24. The minimum Gasteiger partial charge on any atom is -0.458 e. The van der Waals surface area contributed by atoms with E-state index in [-0.39, 0.29) is 18.7 Å². The van der Waals surface area contributed by atoms with Gasteiger partial charge in [0.15, 0.2) is 0 Å². The molecule has 0 bridgehead atoms. The molecule has 1 aromatic carbocycles. The smallest absolute Gasteiger partial charge is 0.338 e. The predicted octanol–water partition coefficient (Wildman–Crippen LogP) is 1.16. The molecule has 1 saturated heterocycles. The molecule has 15 heavy (non-hydrogen) atoms. The Morgan fingerprint density at radius 2 is 2.07 bits per heavy atom. The molecule has 1 unspecified atom stereocenters. The predicted molar refractivity (Wildman–Crippen MR) is 51.2 cm³/mol. The largest absolute Gasteiger partial charge is 0.458 e. The third kappa shape index (κ3) is 2.34. The van der Waals surface area contributed by atoms with E-state index in [9.17, 15) is 9.59 Å². The number of benzene rings is 1. The highest BCUT2D eigenvalue weighted by atomic mass is 16.6. The molecule has 1 aliphatic heterocycles. The van der Waals surface area contributed by atoms with E-state index in [2.05, 4.69) is 0 Å². The summed E-state index contributed by atoms with van der Waals surface area (Å²) in [5.74, 6) is -0.630. The van der Waals surface area contributed by atoms with Crippen molar-refractivity contribution < 1.29 is 19.1 Å². The molecule has 0 amide bonds. The van der Waals surface area contributed by atoms with Gasteiger partial charge in [0.2, 0.25) is 0 Å². The fourth-order valence-corrected chi connectivity index (χ4v) is 1.28. The Morgan fingerprint density at radius 3 is 2.67 bits per heavy atom. The van der Waals surface area contributed by atoms with Crippen molar-refractivity contribution in [3.05, 3.63) is 35.9 Å². The van der Waals surface area contributed by atoms with Gasteiger partial charge in [-0.05, 0) is 12.1 Å². The fraction of sp³-hybridized carbons (Fsp3) is 0.273. The Hall–Kier alpha value is -1.84. The van der Waals surface area contributed by atoms with Gasteiger partial charge < -0.3 is 9.47 Å². The van der Waals surface area contributed by atoms with Crippen LogP contribution in [-0.2, 0) is 14.3 Å². The first-order valence-electron chi connectivity index (χ1n) is 4.67. The Morgan fingerprint density at radius 1 is 1.40 bits per heavy atom. The molecule has 78 valence electrons. The number of carbonyl (C=O) groups excluding carboxylic acids is 2. The second-order valence-corrected chi connectivity index (χ2v) is 3.28. The van der Waals surface area contributed by atoms with E-state index >= 15 is 0 Å². The lowest BCUT2D eigenvalue weighted by molar-refractivity contribution is -0.173. The van der Waals surface area contributed by atoms with E-state index in [0.29, 0.717) is 12.0 Å². The lowest BCUT2D eigenvalue weighted by Crippen LogP contribution is -2.37. The normalized spacial score (nSPS) is 18.9. The molecule has 1 atom stereocenters. The van der Waals surface area contributed by atoms with Crippen LogP contribution in [-0.4, -0.2) is 24.6 Å². The standard InChI is InChI=1S/C11H10O4/c12-10-6-9(15-10)7-14-11(13)8-4-2-1-3-5-8/h1-5,9H,6-7H2. The average Bonchev–Trinajstić information content (AvgIpc) is 2.23. The molecule has 4 heteroatoms. The molecule has 0 aliphatic carbocycles. The van der Waals surface area contributed by atoms with Crippen molar-refractivity contribution in [1.29, 1.82) is 0 Å². The van der Waals surface area contributed by atoms with E-state index in [0.717, 1.165) is 0 Å². The van der Waals surface area contributed by atoms with Gasteiger partial charge in [0.05, 0.1) is 12.0 Å². The summed E-state index contributed by atoms with van der Waals surface area (Å²) in [4.78, 5) is 21.9. The molecule has 0 radical (unpaired) electrons. The summed E-state index contributed by atoms with van der Waals surface area (Å²) in [5, 5.41) is 0. The van der Waals surface area contributed by atoms with E-state index in [1.54, 1.807) is 24.3 Å². The zero-order chi connectivity index (χ0) is 10.7. The van der Waals surface area contributed by atoms with Gasteiger partial charge in [0, 0.05) is 0 Å². The summed E-state index contributed by atoms with van der Waals surface area (Å²) in [6.45, 7) is 0.138. The van der Waals surface area contributed by atoms with Crippen LogP contribution in [0, 0.1) is 0 Å². The maximum Gasteiger partial charge on any atom is 0.338 e. The molecule has 1 heterocycles. The van der Waals surface area contributed by atoms with E-state index in [4.69, 9.17) is 9.47 Å². The molecule has 0 N–H and O–H groups in total. The number of hydrogen-bond donors (Lipinski definition) is 0. The number of hydrogen-bond acceptors (Lipinski definition) is 4. The summed E-state index contributed by atoms with van der Waals surface area (Å²) in [7, 11) is 0. The number of carbonyl (C=O) groups is 2. The molecule has 0 aromatic heterocycles. The maximum atomic E-state index is 11.4. The van der Waals surface area contributed by atoms with Gasteiger partial charge in [-0.2, -0.15) is 0 Å². The molecule has 1 aromatic rings. The van der Waals surface area contributed by atoms with Crippen LogP contribution < -0.4 is 0 Å². The molecule has 1 aliphatic rings. The van der Waals surface area contributed by atoms with Gasteiger partial charge in [-0.15, -0.1) is 0 Å². The first-order valence-corrected chi connectivity index (χ1v) is 4.67. The van der Waals surface area contributed by atoms with Crippen molar-refractivity contribution in [2.75, 3.05) is 6.61 Å². The lowest BCUT2D eigenvalue weighted by atomic mass is 10.2. The molecular formula is C11H10O4. The number of rotatable bonds is 3. The first kappa shape index (κ1) is 9.71. The minimum atomic E-state index is -0.390. The van der Waals surface area contributed by atoms with E-state index in [1.807, 2.05) is 6.07 Å². The Balaban J connectivity index is 1.80. The highest BCUT2D eigenvalue weighted by molar-refractivity contribution is 5.89. The van der Waals surface area contributed by atoms with Crippen LogP contribution in [0.3, 0.4) is 0 Å². The number of esters is 2. The van der Waals surface area contributed by atoms with Crippen molar-refractivity contribution in [3.63, 3.8) is 0 Å². The van der Waals surface area contributed by atoms with Gasteiger partial charge in [-0.1, -0.05) is 18.2 Å². The summed E-state index contributed by atoms with van der Waals surface area (Å²) in [6.07, 6.45) is 0.0763. The zero-order valence-electron chi connectivity index (χ0n) is 8.01. The van der Waals surface area contributed by atoms with Gasteiger partial charge in [-0.3, -0.25) is 4.79 Å². The second-order valence-electron chi connectivity index (χ2n) is 3.28. The molecule has 0 saturated carbocycles. The van der Waals surface area contributed by atoms with Gasteiger partial charge in [-0.25, -0.2) is 4.79 Å². The summed E-state index contributed by atoms with van der Waals surface area (Å²) in [6, 6.07) is 8.70. The highest BCUT2D eigenvalue weighted by Gasteiger charge is 2.29. The number of ether oxygens (including phenoxy) is 2. The summed E-state index contributed by atoms with van der Waals surface area (Å²) in [5.41, 5.74) is 0.503. The van der Waals surface area contributed by atoms with Crippen LogP contribution in [0.25, 0.3) is 0 Å². The van der Waals surface area contributed by atoms with Crippen molar-refractivity contribution in [3.8, 4) is 0 Å². The van der Waals surface area contributed by atoms with Crippen LogP contribution in [0.1, 0.15) is 16.8 Å². The number of cyclic esters (lactones) is 1. The topological polar surface area (TPSA) is 52.6 Å². The van der Waals surface area contributed by atoms with E-state index in [1.165, 1.54) is 0 Å². The van der Waals surface area contributed by atoms with E-state index < -0.39 is 5.97 Å². The summed E-state index contributed by atoms with van der Waals surface area (Å²) < 4.78 is 9.67. The second kappa shape index (κ2) is 4.13. The minimum absolute atomic E-state index is 0.138. The highest BCUT2D eigenvalue weighted by Crippen LogP contribution is 2.13. The average molecular weight is 206 g/mol. The van der Waals surface area contributed by atoms with Crippen LogP contribution in [0.15, 0.2) is 30.3 Å². The van der Waals surface area contributed by atoms with Crippen molar-refractivity contribution in [2.45, 2.75) is 12.5 Å². The van der Waals surface area contributed by atoms with Gasteiger partial charge in [0.25, 0.3) is 0 Å². The van der Waals surface area contributed by atoms with Gasteiger partial charge in [0.1, 0.15) is 12.7 Å². The van der Waals surface area contributed by atoms with Crippen molar-refractivity contribution in [1.82, 2.24) is 0 Å². The van der Waals surface area contributed by atoms with Crippen molar-refractivity contribution in [2.24, 2.45) is 0 Å². The van der Waals surface area contributed by atoms with Crippen LogP contribution in [0.5, 0.6) is 0 Å². The van der Waals surface area contributed by atoms with Crippen LogP contribution >= 0.6 is 0 Å². The molecule has 0 spiro atoms. The van der Waals surface area contributed by atoms with Crippen LogP contribution in [0.4, 0.5) is 0 Å². The fourth-order valence-electron chi connectivity index (χ4n) is 1.28.